The first kappa shape index (κ1) is 27.4. The lowest BCUT2D eigenvalue weighted by Crippen LogP contribution is -2.35. The monoisotopic (exact) mass is 591 g/mol. The molecule has 0 aliphatic heterocycles. The Hall–Kier alpha value is -3.16. The highest BCUT2D eigenvalue weighted by molar-refractivity contribution is 7.86. The minimum atomic E-state index is -4.41. The number of amides is 1. The summed E-state index contributed by atoms with van der Waals surface area (Å²) in [7, 11) is -1.50. The van der Waals surface area contributed by atoms with E-state index in [4.69, 9.17) is 0 Å². The van der Waals surface area contributed by atoms with Crippen LogP contribution >= 0.6 is 22.7 Å². The van der Waals surface area contributed by atoms with Crippen molar-refractivity contribution in [2.75, 3.05) is 4.72 Å². The minimum Gasteiger partial charge on any atom is -0.348 e. The molecule has 2 atom stereocenters. The quantitative estimate of drug-likeness (QED) is 0.269. The zero-order valence-corrected chi connectivity index (χ0v) is 23.6. The van der Waals surface area contributed by atoms with Crippen molar-refractivity contribution in [3.05, 3.63) is 74.7 Å². The molecular formula is C26H24F3N5O2S3. The Morgan fingerprint density at radius 2 is 1.77 bits per heavy atom. The van der Waals surface area contributed by atoms with Crippen LogP contribution in [-0.2, 0) is 30.0 Å². The highest BCUT2D eigenvalue weighted by Crippen LogP contribution is 2.33. The fourth-order valence-electron chi connectivity index (χ4n) is 4.24. The Morgan fingerprint density at radius 1 is 1.05 bits per heavy atom. The molecule has 0 saturated heterocycles. The van der Waals surface area contributed by atoms with E-state index in [0.717, 1.165) is 39.6 Å². The van der Waals surface area contributed by atoms with Crippen molar-refractivity contribution < 1.29 is 22.2 Å². The predicted octanol–water partition coefficient (Wildman–Crippen LogP) is 6.14. The average molecular weight is 592 g/mol. The molecule has 7 nitrogen and oxygen atoms in total. The van der Waals surface area contributed by atoms with Gasteiger partial charge < -0.3 is 5.32 Å². The van der Waals surface area contributed by atoms with Gasteiger partial charge in [0, 0.05) is 17.5 Å². The van der Waals surface area contributed by atoms with E-state index in [0.29, 0.717) is 44.0 Å². The maximum Gasteiger partial charge on any atom is 0.416 e. The molecule has 4 aromatic rings. The van der Waals surface area contributed by atoms with Crippen molar-refractivity contribution in [1.82, 2.24) is 20.5 Å². The van der Waals surface area contributed by atoms with Crippen molar-refractivity contribution >= 4 is 44.7 Å². The molecule has 0 fully saturated rings. The van der Waals surface area contributed by atoms with Crippen molar-refractivity contribution in [1.29, 1.82) is 0 Å². The van der Waals surface area contributed by atoms with Crippen molar-refractivity contribution in [3.8, 4) is 10.6 Å². The molecule has 0 bridgehead atoms. The van der Waals surface area contributed by atoms with Crippen molar-refractivity contribution in [2.45, 2.75) is 56.6 Å². The number of anilines is 1. The lowest BCUT2D eigenvalue weighted by molar-refractivity contribution is -0.137. The number of hydrogen-bond acceptors (Lipinski definition) is 7. The second-order valence-electron chi connectivity index (χ2n) is 9.49. The van der Waals surface area contributed by atoms with Crippen LogP contribution in [0.3, 0.4) is 0 Å². The molecule has 2 N–H and O–H groups in total. The number of carbonyl (C=O) groups excluding carboxylic acids is 1. The first-order valence-corrected chi connectivity index (χ1v) is 14.9. The third-order valence-electron chi connectivity index (χ3n) is 6.24. The van der Waals surface area contributed by atoms with E-state index in [1.807, 2.05) is 26.0 Å². The van der Waals surface area contributed by atoms with Gasteiger partial charge in [0.05, 0.1) is 16.2 Å². The Balaban J connectivity index is 1.23. The maximum absolute atomic E-state index is 13.1. The summed E-state index contributed by atoms with van der Waals surface area (Å²) in [5.41, 5.74) is 2.39. The molecule has 2 aromatic heterocycles. The van der Waals surface area contributed by atoms with Crippen LogP contribution in [0.15, 0.2) is 47.4 Å². The zero-order valence-electron chi connectivity index (χ0n) is 21.1. The Kier molecular flexibility index (Phi) is 7.57. The SMILES string of the molecule is Cc1nc(-c2ccc(C(F)(F)F)cc2)sc1C(=O)NC1Cc2ccc(S(=O)Nc3nnc(C(C)C)s3)cc2C1. The number of nitrogens with one attached hydrogen (secondary N) is 2. The highest BCUT2D eigenvalue weighted by Gasteiger charge is 2.30. The van der Waals surface area contributed by atoms with Gasteiger partial charge in [-0.1, -0.05) is 43.4 Å². The third-order valence-corrected chi connectivity index (χ3v) is 9.77. The number of fused-ring (bicyclic) bond motifs is 1. The summed E-state index contributed by atoms with van der Waals surface area (Å²) in [4.78, 5) is 18.5. The summed E-state index contributed by atoms with van der Waals surface area (Å²) in [6, 6.07) is 10.2. The molecule has 2 heterocycles. The smallest absolute Gasteiger partial charge is 0.348 e. The summed E-state index contributed by atoms with van der Waals surface area (Å²) in [6.07, 6.45) is -3.19. The van der Waals surface area contributed by atoms with Crippen LogP contribution < -0.4 is 10.0 Å². The van der Waals surface area contributed by atoms with Crippen LogP contribution in [0.4, 0.5) is 18.3 Å². The molecule has 2 aromatic carbocycles. The number of carbonyl (C=O) groups is 1. The molecule has 0 spiro atoms. The summed E-state index contributed by atoms with van der Waals surface area (Å²) in [5.74, 6) is -0.0348. The van der Waals surface area contributed by atoms with E-state index < -0.39 is 22.7 Å². The molecule has 0 radical (unpaired) electrons. The molecular weight excluding hydrogens is 568 g/mol. The fraction of sp³-hybridized carbons (Fsp3) is 0.308. The summed E-state index contributed by atoms with van der Waals surface area (Å²) < 4.78 is 54.4. The van der Waals surface area contributed by atoms with Crippen LogP contribution in [0.25, 0.3) is 10.6 Å². The number of halogens is 3. The summed E-state index contributed by atoms with van der Waals surface area (Å²) >= 11 is 2.52. The Labute approximate surface area is 233 Å². The Morgan fingerprint density at radius 3 is 2.44 bits per heavy atom. The van der Waals surface area contributed by atoms with Gasteiger partial charge in [0.25, 0.3) is 5.91 Å². The molecule has 1 aliphatic carbocycles. The second-order valence-corrected chi connectivity index (χ2v) is 12.7. The molecule has 2 unspecified atom stereocenters. The molecule has 13 heteroatoms. The normalized spacial score (nSPS) is 15.8. The second kappa shape index (κ2) is 10.8. The lowest BCUT2D eigenvalue weighted by Gasteiger charge is -2.11. The first-order chi connectivity index (χ1) is 18.5. The fourth-order valence-corrected chi connectivity index (χ4v) is 6.97. The van der Waals surface area contributed by atoms with E-state index in [-0.39, 0.29) is 17.9 Å². The van der Waals surface area contributed by atoms with Crippen LogP contribution in [0.1, 0.15) is 56.8 Å². The molecule has 1 aliphatic rings. The van der Waals surface area contributed by atoms with E-state index in [1.54, 1.807) is 13.0 Å². The van der Waals surface area contributed by atoms with Gasteiger partial charge >= 0.3 is 6.18 Å². The van der Waals surface area contributed by atoms with Crippen LogP contribution in [0, 0.1) is 6.92 Å². The number of hydrogen-bond donors (Lipinski definition) is 2. The summed E-state index contributed by atoms with van der Waals surface area (Å²) in [5, 5.41) is 13.1. The number of nitrogens with zero attached hydrogens (tertiary/aromatic N) is 3. The van der Waals surface area contributed by atoms with Crippen molar-refractivity contribution in [2.24, 2.45) is 0 Å². The van der Waals surface area contributed by atoms with E-state index in [9.17, 15) is 22.2 Å². The molecule has 0 saturated carbocycles. The number of rotatable bonds is 7. The predicted molar refractivity (Wildman–Crippen MR) is 146 cm³/mol. The van der Waals surface area contributed by atoms with E-state index in [2.05, 4.69) is 25.2 Å². The highest BCUT2D eigenvalue weighted by atomic mass is 32.2. The van der Waals surface area contributed by atoms with Gasteiger partial charge in [-0.25, -0.2) is 9.19 Å². The molecule has 1 amide bonds. The lowest BCUT2D eigenvalue weighted by atomic mass is 10.1. The average Bonchev–Trinajstić information content (AvgIpc) is 3.61. The van der Waals surface area contributed by atoms with Gasteiger partial charge in [-0.05, 0) is 55.2 Å². The van der Waals surface area contributed by atoms with Crippen LogP contribution in [-0.4, -0.2) is 31.3 Å². The topological polar surface area (TPSA) is 96.9 Å². The number of benzene rings is 2. The van der Waals surface area contributed by atoms with E-state index in [1.165, 1.54) is 23.5 Å². The van der Waals surface area contributed by atoms with Gasteiger partial charge in [-0.2, -0.15) is 13.2 Å². The largest absolute Gasteiger partial charge is 0.416 e. The van der Waals surface area contributed by atoms with Gasteiger partial charge in [-0.3, -0.25) is 9.52 Å². The van der Waals surface area contributed by atoms with E-state index >= 15 is 0 Å². The van der Waals surface area contributed by atoms with Crippen LogP contribution in [0.2, 0.25) is 0 Å². The zero-order chi connectivity index (χ0) is 27.9. The number of alkyl halides is 3. The molecule has 204 valence electrons. The van der Waals surface area contributed by atoms with Gasteiger partial charge in [0.2, 0.25) is 5.13 Å². The van der Waals surface area contributed by atoms with Crippen LogP contribution in [0.5, 0.6) is 0 Å². The number of thiazole rings is 1. The van der Waals surface area contributed by atoms with Crippen molar-refractivity contribution in [3.63, 3.8) is 0 Å². The third kappa shape index (κ3) is 6.04. The maximum atomic E-state index is 13.1. The molecule has 39 heavy (non-hydrogen) atoms. The van der Waals surface area contributed by atoms with Gasteiger partial charge in [0.15, 0.2) is 11.0 Å². The Bertz CT molecular complexity index is 1550. The van der Waals surface area contributed by atoms with Gasteiger partial charge in [0.1, 0.15) is 14.9 Å². The standard InChI is InChI=1S/C26H24F3N5O2S3/c1-13(2)23-32-33-25(38-23)34-39(36)20-9-6-16-10-19(11-17(16)12-20)31-22(35)21-14(3)30-24(37-21)15-4-7-18(8-5-15)26(27,28)29/h4-9,12-13,19H,10-11H2,1-3H3,(H,31,35)(H,33,34). The number of aromatic nitrogens is 3. The number of aryl methyl sites for hydroxylation is 1. The first-order valence-electron chi connectivity index (χ1n) is 12.1. The minimum absolute atomic E-state index is 0.142. The molecule has 5 rings (SSSR count). The summed E-state index contributed by atoms with van der Waals surface area (Å²) in [6.45, 7) is 5.75. The van der Waals surface area contributed by atoms with Gasteiger partial charge in [-0.15, -0.1) is 21.5 Å².